The van der Waals surface area contributed by atoms with Crippen molar-refractivity contribution < 1.29 is 13.2 Å². The van der Waals surface area contributed by atoms with Crippen LogP contribution >= 0.6 is 0 Å². The molecule has 0 saturated carbocycles. The Balaban J connectivity index is 0.994. The maximum atomic E-state index is 15.5. The van der Waals surface area contributed by atoms with Crippen molar-refractivity contribution in [2.75, 3.05) is 0 Å². The molecular formula is C83H49F3N8. The summed E-state index contributed by atoms with van der Waals surface area (Å²) in [6, 6.07) is 92.7. The van der Waals surface area contributed by atoms with E-state index in [9.17, 15) is 10.5 Å². The average molecular weight is 1220 g/mol. The lowest BCUT2D eigenvalue weighted by Gasteiger charge is -2.20. The van der Waals surface area contributed by atoms with Gasteiger partial charge in [-0.1, -0.05) is 170 Å². The van der Waals surface area contributed by atoms with Crippen LogP contribution in [0.2, 0.25) is 0 Å². The van der Waals surface area contributed by atoms with Crippen LogP contribution in [0.1, 0.15) is 16.7 Å². The van der Waals surface area contributed by atoms with Crippen molar-refractivity contribution in [1.29, 1.82) is 10.5 Å². The Morgan fingerprint density at radius 1 is 0.287 bits per heavy atom. The molecule has 6 aromatic heterocycles. The normalized spacial score (nSPS) is 11.5. The van der Waals surface area contributed by atoms with Crippen molar-refractivity contribution in [1.82, 2.24) is 29.1 Å². The zero-order valence-electron chi connectivity index (χ0n) is 50.0. The molecule has 0 aliphatic rings. The minimum Gasteiger partial charge on any atom is -0.309 e. The fourth-order valence-corrected chi connectivity index (χ4v) is 13.1. The Hall–Kier alpha value is -12.8. The molecule has 0 aliphatic heterocycles. The number of hydrogen-bond acceptors (Lipinski definition) is 6. The molecule has 6 heterocycles. The summed E-state index contributed by atoms with van der Waals surface area (Å²) in [5, 5.41) is 26.1. The molecule has 0 N–H and O–H groups in total. The van der Waals surface area contributed by atoms with E-state index in [1.807, 2.05) is 170 Å². The van der Waals surface area contributed by atoms with E-state index in [0.29, 0.717) is 16.9 Å². The van der Waals surface area contributed by atoms with E-state index in [4.69, 9.17) is 19.9 Å². The second kappa shape index (κ2) is 23.2. The largest absolute Gasteiger partial charge is 0.416 e. The lowest BCUT2D eigenvalue weighted by atomic mass is 9.95. The summed E-state index contributed by atoms with van der Waals surface area (Å²) in [5.41, 5.74) is 17.3. The van der Waals surface area contributed by atoms with Gasteiger partial charge in [0.05, 0.1) is 79.0 Å². The highest BCUT2D eigenvalue weighted by Gasteiger charge is 2.32. The molecule has 10 aromatic carbocycles. The van der Waals surface area contributed by atoms with Crippen LogP contribution < -0.4 is 0 Å². The van der Waals surface area contributed by atoms with Crippen molar-refractivity contribution >= 4 is 43.6 Å². The Labute approximate surface area is 538 Å². The monoisotopic (exact) mass is 1210 g/mol. The predicted molar refractivity (Wildman–Crippen MR) is 370 cm³/mol. The standard InChI is InChI=1S/C83H49F3N8/c84-83(85,86)67-38-52(50-87)37-65(39-67)72-49-77(93-78-44-57(61-29-33-89-73(40-61)53-13-5-1-6-14-53)21-25-68(78)69-26-22-58(45-79(69)93)62-30-34-90-74(41-62)54-15-7-2-8-16-54)66(51-88)48-82(72)94-80-46-59(63-31-35-91-75(42-63)55-17-9-3-10-18-55)23-27-70(80)71-28-24-60(47-81(71)94)64-32-36-92-76(43-64)56-19-11-4-12-20-56/h1-49H. The molecular weight excluding hydrogens is 1170 g/mol. The van der Waals surface area contributed by atoms with Crippen molar-refractivity contribution in [2.45, 2.75) is 6.18 Å². The number of aromatic nitrogens is 6. The zero-order valence-corrected chi connectivity index (χ0v) is 50.0. The molecule has 442 valence electrons. The Kier molecular flexibility index (Phi) is 13.9. The number of rotatable bonds is 11. The summed E-state index contributed by atoms with van der Waals surface area (Å²) in [6.45, 7) is 0. The first-order valence-corrected chi connectivity index (χ1v) is 30.6. The van der Waals surface area contributed by atoms with Gasteiger partial charge >= 0.3 is 6.18 Å². The van der Waals surface area contributed by atoms with Gasteiger partial charge in [0, 0.05) is 74.1 Å². The third-order valence-corrected chi connectivity index (χ3v) is 17.6. The van der Waals surface area contributed by atoms with Crippen molar-refractivity contribution in [3.05, 3.63) is 314 Å². The molecule has 94 heavy (non-hydrogen) atoms. The number of pyridine rings is 4. The number of alkyl halides is 3. The number of hydrogen-bond donors (Lipinski definition) is 0. The molecule has 0 saturated heterocycles. The smallest absolute Gasteiger partial charge is 0.309 e. The highest BCUT2D eigenvalue weighted by Crippen LogP contribution is 2.46. The molecule has 0 atom stereocenters. The van der Waals surface area contributed by atoms with Crippen LogP contribution in [-0.4, -0.2) is 29.1 Å². The highest BCUT2D eigenvalue weighted by atomic mass is 19.4. The van der Waals surface area contributed by atoms with Gasteiger partial charge in [0.2, 0.25) is 0 Å². The quantitative estimate of drug-likeness (QED) is 0.128. The fraction of sp³-hybridized carbons (Fsp3) is 0.0120. The molecule has 0 bridgehead atoms. The Morgan fingerprint density at radius 3 is 0.936 bits per heavy atom. The fourth-order valence-electron chi connectivity index (χ4n) is 13.1. The summed E-state index contributed by atoms with van der Waals surface area (Å²) >= 11 is 0. The van der Waals surface area contributed by atoms with Crippen LogP contribution in [0.3, 0.4) is 0 Å². The van der Waals surface area contributed by atoms with E-state index in [1.165, 1.54) is 6.07 Å². The minimum atomic E-state index is -4.83. The van der Waals surface area contributed by atoms with Crippen LogP contribution in [0.4, 0.5) is 13.2 Å². The van der Waals surface area contributed by atoms with Gasteiger partial charge in [0.1, 0.15) is 6.07 Å². The van der Waals surface area contributed by atoms with Gasteiger partial charge in [-0.25, -0.2) is 0 Å². The first-order chi connectivity index (χ1) is 46.1. The van der Waals surface area contributed by atoms with Gasteiger partial charge in [-0.05, 0) is 153 Å². The van der Waals surface area contributed by atoms with E-state index in [1.54, 1.807) is 30.9 Å². The van der Waals surface area contributed by atoms with Gasteiger partial charge in [0.15, 0.2) is 0 Å². The van der Waals surface area contributed by atoms with Crippen LogP contribution in [-0.2, 0) is 6.18 Å². The number of fused-ring (bicyclic) bond motifs is 6. The van der Waals surface area contributed by atoms with Crippen LogP contribution in [0.5, 0.6) is 0 Å². The predicted octanol–water partition coefficient (Wildman–Crippen LogP) is 21.2. The van der Waals surface area contributed by atoms with Crippen molar-refractivity contribution in [3.63, 3.8) is 0 Å². The summed E-state index contributed by atoms with van der Waals surface area (Å²) in [6.07, 6.45) is 2.34. The summed E-state index contributed by atoms with van der Waals surface area (Å²) < 4.78 is 50.5. The maximum absolute atomic E-state index is 15.5. The molecule has 0 unspecified atom stereocenters. The molecule has 0 fully saturated rings. The highest BCUT2D eigenvalue weighted by molar-refractivity contribution is 6.13. The van der Waals surface area contributed by atoms with Gasteiger partial charge < -0.3 is 9.13 Å². The third kappa shape index (κ3) is 10.3. The third-order valence-electron chi connectivity index (χ3n) is 17.6. The van der Waals surface area contributed by atoms with Crippen LogP contribution in [0, 0.1) is 22.7 Å². The topological polar surface area (TPSA) is 109 Å². The molecule has 16 rings (SSSR count). The molecule has 0 amide bonds. The minimum absolute atomic E-state index is 0.121. The summed E-state index contributed by atoms with van der Waals surface area (Å²) in [4.78, 5) is 19.0. The second-order valence-corrected chi connectivity index (χ2v) is 23.2. The first-order valence-electron chi connectivity index (χ1n) is 30.6. The average Bonchev–Trinajstić information content (AvgIpc) is 1.55. The maximum Gasteiger partial charge on any atom is 0.416 e. The Bertz CT molecular complexity index is 5470. The number of halogens is 3. The SMILES string of the molecule is N#Cc1cc(-c2cc(-n3c4cc(-c5ccnc(-c6ccccc6)c5)ccc4c4ccc(-c5ccnc(-c6ccccc6)c5)cc43)c(C#N)cc2-n2c3cc(-c4ccnc(-c5ccccc5)c4)ccc3c3ccc(-c4ccnc(-c5ccccc5)c4)cc32)cc(C(F)(F)F)c1. The van der Waals surface area contributed by atoms with Crippen molar-refractivity contribution in [3.8, 4) is 124 Å². The summed E-state index contributed by atoms with van der Waals surface area (Å²) in [5.74, 6) is 0. The second-order valence-electron chi connectivity index (χ2n) is 23.2. The molecule has 0 spiro atoms. The molecule has 0 radical (unpaired) electrons. The Morgan fingerprint density at radius 2 is 0.617 bits per heavy atom. The lowest BCUT2D eigenvalue weighted by molar-refractivity contribution is -0.137. The first kappa shape index (κ1) is 56.4. The van der Waals surface area contributed by atoms with Gasteiger partial charge in [-0.3, -0.25) is 19.9 Å². The van der Waals surface area contributed by atoms with Crippen LogP contribution in [0.25, 0.3) is 156 Å². The van der Waals surface area contributed by atoms with Crippen molar-refractivity contribution in [2.24, 2.45) is 0 Å². The number of benzene rings is 10. The zero-order chi connectivity index (χ0) is 63.4. The van der Waals surface area contributed by atoms with Crippen LogP contribution in [0.15, 0.2) is 298 Å². The number of nitriles is 2. The van der Waals surface area contributed by atoms with Gasteiger partial charge in [-0.2, -0.15) is 23.7 Å². The van der Waals surface area contributed by atoms with Gasteiger partial charge in [-0.15, -0.1) is 0 Å². The lowest BCUT2D eigenvalue weighted by Crippen LogP contribution is -2.07. The molecule has 16 aromatic rings. The van der Waals surface area contributed by atoms with E-state index < -0.39 is 11.7 Å². The van der Waals surface area contributed by atoms with E-state index >= 15 is 13.2 Å². The summed E-state index contributed by atoms with van der Waals surface area (Å²) in [7, 11) is 0. The number of nitrogens with zero attached hydrogens (tertiary/aromatic N) is 8. The van der Waals surface area contributed by atoms with E-state index in [0.717, 1.165) is 145 Å². The van der Waals surface area contributed by atoms with E-state index in [-0.39, 0.29) is 16.7 Å². The molecule has 0 aliphatic carbocycles. The van der Waals surface area contributed by atoms with Gasteiger partial charge in [0.25, 0.3) is 0 Å². The molecule has 8 nitrogen and oxygen atoms in total. The van der Waals surface area contributed by atoms with E-state index in [2.05, 4.69) is 100 Å². The molecule has 11 heteroatoms.